The van der Waals surface area contributed by atoms with E-state index in [1.54, 1.807) is 0 Å². The van der Waals surface area contributed by atoms with Gasteiger partial charge < -0.3 is 14.8 Å². The lowest BCUT2D eigenvalue weighted by Gasteiger charge is -2.24. The lowest BCUT2D eigenvalue weighted by atomic mass is 9.96. The Morgan fingerprint density at radius 1 is 1.26 bits per heavy atom. The minimum Gasteiger partial charge on any atom is -0.474 e. The zero-order chi connectivity index (χ0) is 13.9. The highest BCUT2D eigenvalue weighted by Gasteiger charge is 2.21. The van der Waals surface area contributed by atoms with Crippen LogP contribution in [0.4, 0.5) is 5.82 Å². The number of nitrogens with zero attached hydrogens (tertiary/aromatic N) is 2. The lowest BCUT2D eigenvalue weighted by Crippen LogP contribution is -2.27. The first-order valence-electron chi connectivity index (χ1n) is 6.81. The maximum atomic E-state index is 5.96. The van der Waals surface area contributed by atoms with E-state index in [2.05, 4.69) is 36.1 Å². The third-order valence-electron chi connectivity index (χ3n) is 3.09. The number of rotatable bonds is 3. The highest BCUT2D eigenvalue weighted by atomic mass is 16.5. The van der Waals surface area contributed by atoms with Gasteiger partial charge in [-0.2, -0.15) is 4.98 Å². The predicted octanol–water partition coefficient (Wildman–Crippen LogP) is 2.37. The van der Waals surface area contributed by atoms with Gasteiger partial charge in [-0.15, -0.1) is 0 Å². The minimum atomic E-state index is -0.0966. The second-order valence-corrected chi connectivity index (χ2v) is 5.84. The van der Waals surface area contributed by atoms with Crippen molar-refractivity contribution in [1.82, 2.24) is 9.97 Å². The molecular formula is C14H23N3O2. The smallest absolute Gasteiger partial charge is 0.219 e. The summed E-state index contributed by atoms with van der Waals surface area (Å²) in [5.74, 6) is 2.24. The van der Waals surface area contributed by atoms with Gasteiger partial charge in [0.05, 0.1) is 13.2 Å². The molecule has 1 saturated heterocycles. The van der Waals surface area contributed by atoms with Crippen molar-refractivity contribution < 1.29 is 9.47 Å². The number of nitrogens with one attached hydrogen (secondary N) is 1. The van der Waals surface area contributed by atoms with Crippen molar-refractivity contribution in [1.29, 1.82) is 0 Å². The molecule has 0 spiro atoms. The summed E-state index contributed by atoms with van der Waals surface area (Å²) < 4.78 is 11.3. The maximum absolute atomic E-state index is 5.96. The fourth-order valence-electron chi connectivity index (χ4n) is 1.91. The summed E-state index contributed by atoms with van der Waals surface area (Å²) in [6, 6.07) is 1.85. The number of anilines is 1. The zero-order valence-electron chi connectivity index (χ0n) is 12.2. The Morgan fingerprint density at radius 3 is 2.53 bits per heavy atom. The Hall–Kier alpha value is -1.36. The van der Waals surface area contributed by atoms with Gasteiger partial charge in [0.2, 0.25) is 5.88 Å². The van der Waals surface area contributed by atoms with Gasteiger partial charge in [0.25, 0.3) is 0 Å². The summed E-state index contributed by atoms with van der Waals surface area (Å²) in [4.78, 5) is 9.02. The third kappa shape index (κ3) is 3.80. The normalized spacial score (nSPS) is 17.3. The molecule has 0 radical (unpaired) electrons. The van der Waals surface area contributed by atoms with E-state index >= 15 is 0 Å². The van der Waals surface area contributed by atoms with Crippen LogP contribution in [0.2, 0.25) is 0 Å². The molecule has 0 unspecified atom stereocenters. The Balaban J connectivity index is 2.19. The molecule has 1 aromatic rings. The summed E-state index contributed by atoms with van der Waals surface area (Å²) in [5, 5.41) is 3.06. The first kappa shape index (κ1) is 14.1. The van der Waals surface area contributed by atoms with Crippen LogP contribution in [-0.4, -0.2) is 36.3 Å². The van der Waals surface area contributed by atoms with Gasteiger partial charge in [-0.25, -0.2) is 4.98 Å². The van der Waals surface area contributed by atoms with Crippen LogP contribution in [0.3, 0.4) is 0 Å². The van der Waals surface area contributed by atoms with Gasteiger partial charge in [-0.05, 0) is 0 Å². The summed E-state index contributed by atoms with van der Waals surface area (Å²) in [6.07, 6.45) is 2.04. The highest BCUT2D eigenvalue weighted by molar-refractivity contribution is 5.38. The van der Waals surface area contributed by atoms with E-state index in [1.807, 2.05) is 13.1 Å². The van der Waals surface area contributed by atoms with Crippen molar-refractivity contribution in [2.45, 2.75) is 45.1 Å². The van der Waals surface area contributed by atoms with Crippen LogP contribution < -0.4 is 10.1 Å². The molecular weight excluding hydrogens is 242 g/mol. The van der Waals surface area contributed by atoms with E-state index in [-0.39, 0.29) is 11.5 Å². The maximum Gasteiger partial charge on any atom is 0.219 e. The molecule has 0 saturated carbocycles. The number of ether oxygens (including phenoxy) is 2. The van der Waals surface area contributed by atoms with E-state index in [9.17, 15) is 0 Å². The Kier molecular flexibility index (Phi) is 4.24. The number of aromatic nitrogens is 2. The van der Waals surface area contributed by atoms with Crippen LogP contribution in [0.1, 0.15) is 39.4 Å². The molecule has 19 heavy (non-hydrogen) atoms. The molecule has 2 rings (SSSR count). The number of hydrogen-bond donors (Lipinski definition) is 1. The van der Waals surface area contributed by atoms with E-state index < -0.39 is 0 Å². The van der Waals surface area contributed by atoms with Crippen molar-refractivity contribution in [3.8, 4) is 5.88 Å². The molecule has 1 fully saturated rings. The Labute approximate surface area is 114 Å². The van der Waals surface area contributed by atoms with Crippen molar-refractivity contribution in [3.63, 3.8) is 0 Å². The monoisotopic (exact) mass is 265 g/mol. The average molecular weight is 265 g/mol. The van der Waals surface area contributed by atoms with E-state index in [0.29, 0.717) is 5.88 Å². The van der Waals surface area contributed by atoms with Gasteiger partial charge in [-0.1, -0.05) is 20.8 Å². The molecule has 1 aromatic heterocycles. The van der Waals surface area contributed by atoms with Crippen LogP contribution >= 0.6 is 0 Å². The first-order chi connectivity index (χ1) is 8.99. The van der Waals surface area contributed by atoms with Crippen LogP contribution in [0.5, 0.6) is 5.88 Å². The topological polar surface area (TPSA) is 56.3 Å². The fourth-order valence-corrected chi connectivity index (χ4v) is 1.91. The summed E-state index contributed by atoms with van der Waals surface area (Å²) >= 11 is 0. The minimum absolute atomic E-state index is 0.0966. The molecule has 5 nitrogen and oxygen atoms in total. The molecule has 1 aliphatic heterocycles. The van der Waals surface area contributed by atoms with Crippen molar-refractivity contribution in [2.75, 3.05) is 25.6 Å². The molecule has 2 heterocycles. The van der Waals surface area contributed by atoms with Crippen LogP contribution in [-0.2, 0) is 10.2 Å². The zero-order valence-corrected chi connectivity index (χ0v) is 12.2. The van der Waals surface area contributed by atoms with E-state index in [1.165, 1.54) is 0 Å². The van der Waals surface area contributed by atoms with Crippen LogP contribution in [0.15, 0.2) is 6.07 Å². The van der Waals surface area contributed by atoms with Crippen molar-refractivity contribution in [2.24, 2.45) is 0 Å². The molecule has 0 bridgehead atoms. The van der Waals surface area contributed by atoms with Gasteiger partial charge in [0, 0.05) is 31.4 Å². The summed E-state index contributed by atoms with van der Waals surface area (Å²) in [5.41, 5.74) is -0.0966. The first-order valence-corrected chi connectivity index (χ1v) is 6.81. The Morgan fingerprint density at radius 2 is 1.95 bits per heavy atom. The van der Waals surface area contributed by atoms with Crippen molar-refractivity contribution >= 4 is 5.82 Å². The van der Waals surface area contributed by atoms with Gasteiger partial charge >= 0.3 is 0 Å². The van der Waals surface area contributed by atoms with Crippen LogP contribution in [0, 0.1) is 0 Å². The molecule has 5 heteroatoms. The average Bonchev–Trinajstić information content (AvgIpc) is 2.38. The van der Waals surface area contributed by atoms with Crippen molar-refractivity contribution in [3.05, 3.63) is 11.9 Å². The van der Waals surface area contributed by atoms with Gasteiger partial charge in [0.15, 0.2) is 0 Å². The SMILES string of the molecule is CNc1cc(OC2CCOCC2)nc(C(C)(C)C)n1. The lowest BCUT2D eigenvalue weighted by molar-refractivity contribution is 0.0235. The second kappa shape index (κ2) is 5.74. The predicted molar refractivity (Wildman–Crippen MR) is 74.7 cm³/mol. The molecule has 1 aliphatic rings. The van der Waals surface area contributed by atoms with Gasteiger partial charge in [0.1, 0.15) is 17.7 Å². The van der Waals surface area contributed by atoms with Gasteiger partial charge in [-0.3, -0.25) is 0 Å². The molecule has 0 aliphatic carbocycles. The van der Waals surface area contributed by atoms with E-state index in [4.69, 9.17) is 9.47 Å². The quantitative estimate of drug-likeness (QED) is 0.909. The standard InChI is InChI=1S/C14H23N3O2/c1-14(2,3)13-16-11(15-4)9-12(17-13)19-10-5-7-18-8-6-10/h9-10H,5-8H2,1-4H3,(H,15,16,17). The number of hydrogen-bond acceptors (Lipinski definition) is 5. The highest BCUT2D eigenvalue weighted by Crippen LogP contribution is 2.24. The summed E-state index contributed by atoms with van der Waals surface area (Å²) in [7, 11) is 1.85. The molecule has 106 valence electrons. The molecule has 1 N–H and O–H groups in total. The second-order valence-electron chi connectivity index (χ2n) is 5.84. The van der Waals surface area contributed by atoms with Crippen LogP contribution in [0.25, 0.3) is 0 Å². The molecule has 0 amide bonds. The molecule has 0 atom stereocenters. The Bertz CT molecular complexity index is 423. The largest absolute Gasteiger partial charge is 0.474 e. The molecule has 0 aromatic carbocycles. The fraction of sp³-hybridized carbons (Fsp3) is 0.714. The third-order valence-corrected chi connectivity index (χ3v) is 3.09. The van der Waals surface area contributed by atoms with E-state index in [0.717, 1.165) is 37.7 Å². The summed E-state index contributed by atoms with van der Waals surface area (Å²) in [6.45, 7) is 7.82.